The summed E-state index contributed by atoms with van der Waals surface area (Å²) in [6, 6.07) is 0.165. The Kier molecular flexibility index (Phi) is 3.88. The monoisotopic (exact) mass is 366 g/mol. The minimum Gasteiger partial charge on any atom is -0.490 e. The Labute approximate surface area is 149 Å². The lowest BCUT2D eigenvalue weighted by Gasteiger charge is -2.42. The number of nitrogens with zero attached hydrogens (tertiary/aromatic N) is 4. The first-order valence-corrected chi connectivity index (χ1v) is 8.74. The molecule has 0 aliphatic carbocycles. The zero-order valence-corrected chi connectivity index (χ0v) is 15.2. The van der Waals surface area contributed by atoms with Gasteiger partial charge in [-0.3, -0.25) is 4.57 Å². The van der Waals surface area contributed by atoms with Gasteiger partial charge in [0.25, 0.3) is 0 Å². The number of aromatic nitrogens is 2. The first-order valence-electron chi connectivity index (χ1n) is 8.36. The molecular formula is C17H20ClFN4O2. The Balaban J connectivity index is 2.10. The number of ether oxygens (including phenoxy) is 1. The molecule has 2 aromatic rings. The van der Waals surface area contributed by atoms with Crippen LogP contribution in [0.4, 0.5) is 10.2 Å². The largest absolute Gasteiger partial charge is 0.490 e. The third kappa shape index (κ3) is 2.40. The van der Waals surface area contributed by atoms with E-state index in [1.165, 1.54) is 4.57 Å². The van der Waals surface area contributed by atoms with Gasteiger partial charge in [0.1, 0.15) is 5.82 Å². The quantitative estimate of drug-likeness (QED) is 0.713. The molecule has 0 N–H and O–H groups in total. The zero-order valence-electron chi connectivity index (χ0n) is 14.5. The number of benzene rings is 1. The van der Waals surface area contributed by atoms with Crippen LogP contribution in [-0.4, -0.2) is 53.8 Å². The van der Waals surface area contributed by atoms with E-state index in [4.69, 9.17) is 16.3 Å². The molecule has 1 unspecified atom stereocenters. The van der Waals surface area contributed by atoms with Gasteiger partial charge in [-0.1, -0.05) is 11.6 Å². The Hall–Kier alpha value is -1.86. The van der Waals surface area contributed by atoms with Gasteiger partial charge in [0.05, 0.1) is 22.5 Å². The van der Waals surface area contributed by atoms with E-state index in [9.17, 15) is 9.18 Å². The van der Waals surface area contributed by atoms with Crippen LogP contribution in [0.1, 0.15) is 12.0 Å². The van der Waals surface area contributed by atoms with Crippen LogP contribution in [0.3, 0.4) is 0 Å². The number of rotatable bonds is 0. The van der Waals surface area contributed by atoms with Gasteiger partial charge in [0.15, 0.2) is 11.6 Å². The number of anilines is 1. The summed E-state index contributed by atoms with van der Waals surface area (Å²) in [6.07, 6.45) is 0.739. The summed E-state index contributed by atoms with van der Waals surface area (Å²) >= 11 is 6.42. The summed E-state index contributed by atoms with van der Waals surface area (Å²) in [4.78, 5) is 21.1. The van der Waals surface area contributed by atoms with Crippen molar-refractivity contribution in [3.63, 3.8) is 0 Å². The third-order valence-corrected chi connectivity index (χ3v) is 5.69. The predicted octanol–water partition coefficient (Wildman–Crippen LogP) is 1.94. The van der Waals surface area contributed by atoms with Crippen LogP contribution in [-0.2, 0) is 7.05 Å². The van der Waals surface area contributed by atoms with E-state index >= 15 is 0 Å². The van der Waals surface area contributed by atoms with Crippen LogP contribution in [0.15, 0.2) is 4.79 Å². The Morgan fingerprint density at radius 3 is 2.84 bits per heavy atom. The van der Waals surface area contributed by atoms with Crippen molar-refractivity contribution in [1.82, 2.24) is 14.5 Å². The molecule has 2 aliphatic heterocycles. The van der Waals surface area contributed by atoms with Gasteiger partial charge < -0.3 is 14.5 Å². The molecule has 2 aliphatic rings. The summed E-state index contributed by atoms with van der Waals surface area (Å²) in [5, 5.41) is 0.721. The molecule has 0 saturated carbocycles. The number of fused-ring (bicyclic) bond motifs is 2. The third-order valence-electron chi connectivity index (χ3n) is 5.23. The van der Waals surface area contributed by atoms with E-state index < -0.39 is 11.5 Å². The van der Waals surface area contributed by atoms with E-state index in [0.717, 1.165) is 26.1 Å². The molecule has 0 radical (unpaired) electrons. The van der Waals surface area contributed by atoms with Gasteiger partial charge in [-0.25, -0.2) is 9.18 Å². The van der Waals surface area contributed by atoms with Gasteiger partial charge in [0, 0.05) is 44.7 Å². The Bertz CT molecular complexity index is 929. The molecule has 8 heteroatoms. The van der Waals surface area contributed by atoms with Crippen molar-refractivity contribution < 1.29 is 9.13 Å². The van der Waals surface area contributed by atoms with Crippen molar-refractivity contribution in [2.75, 3.05) is 38.2 Å². The summed E-state index contributed by atoms with van der Waals surface area (Å²) in [6.45, 7) is 4.43. The molecule has 134 valence electrons. The molecule has 0 bridgehead atoms. The maximum absolute atomic E-state index is 14.9. The van der Waals surface area contributed by atoms with Gasteiger partial charge >= 0.3 is 5.69 Å². The van der Waals surface area contributed by atoms with Crippen LogP contribution in [0, 0.1) is 12.7 Å². The standard InChI is InChI=1S/C17H20ClFN4O2/c1-9-12(18)14-11-15(13(9)19)25-7-4-10-8-21(2)5-6-23(10)16(11)20-17(24)22(14)3/h10H,4-8H2,1-3H3. The molecule has 0 amide bonds. The van der Waals surface area contributed by atoms with E-state index in [-0.39, 0.29) is 22.4 Å². The fourth-order valence-corrected chi connectivity index (χ4v) is 4.09. The summed E-state index contributed by atoms with van der Waals surface area (Å²) in [5.74, 6) is 0.144. The van der Waals surface area contributed by atoms with Crippen molar-refractivity contribution in [2.45, 2.75) is 19.4 Å². The van der Waals surface area contributed by atoms with Crippen LogP contribution < -0.4 is 15.3 Å². The number of aryl methyl sites for hydroxylation is 1. The minimum atomic E-state index is -0.480. The van der Waals surface area contributed by atoms with Crippen LogP contribution in [0.5, 0.6) is 5.75 Å². The lowest BCUT2D eigenvalue weighted by atomic mass is 10.0. The fourth-order valence-electron chi connectivity index (χ4n) is 3.79. The van der Waals surface area contributed by atoms with E-state index in [1.54, 1.807) is 14.0 Å². The molecule has 1 saturated heterocycles. The second-order valence-electron chi connectivity index (χ2n) is 6.83. The smallest absolute Gasteiger partial charge is 0.349 e. The van der Waals surface area contributed by atoms with Gasteiger partial charge in [0.2, 0.25) is 0 Å². The predicted molar refractivity (Wildman–Crippen MR) is 95.4 cm³/mol. The molecule has 1 aromatic heterocycles. The molecule has 25 heavy (non-hydrogen) atoms. The van der Waals surface area contributed by atoms with Crippen molar-refractivity contribution in [1.29, 1.82) is 0 Å². The second-order valence-corrected chi connectivity index (χ2v) is 7.21. The summed E-state index contributed by atoms with van der Waals surface area (Å²) in [7, 11) is 3.67. The molecule has 1 fully saturated rings. The molecule has 3 heterocycles. The van der Waals surface area contributed by atoms with E-state index in [1.807, 2.05) is 0 Å². The first-order chi connectivity index (χ1) is 11.9. The maximum Gasteiger partial charge on any atom is 0.349 e. The minimum absolute atomic E-state index is 0.146. The number of halogens is 2. The van der Waals surface area contributed by atoms with Crippen molar-refractivity contribution in [3.05, 3.63) is 26.9 Å². The van der Waals surface area contributed by atoms with Crippen molar-refractivity contribution in [3.8, 4) is 5.75 Å². The Morgan fingerprint density at radius 1 is 1.32 bits per heavy atom. The highest BCUT2D eigenvalue weighted by Crippen LogP contribution is 2.42. The fraction of sp³-hybridized carbons (Fsp3) is 0.529. The molecule has 1 atom stereocenters. The van der Waals surface area contributed by atoms with Gasteiger partial charge in [-0.15, -0.1) is 0 Å². The lowest BCUT2D eigenvalue weighted by molar-refractivity contribution is 0.222. The number of hydrogen-bond acceptors (Lipinski definition) is 5. The van der Waals surface area contributed by atoms with Gasteiger partial charge in [-0.2, -0.15) is 4.98 Å². The van der Waals surface area contributed by atoms with Crippen LogP contribution in [0.2, 0.25) is 5.02 Å². The lowest BCUT2D eigenvalue weighted by Crippen LogP contribution is -2.53. The molecule has 4 rings (SSSR count). The van der Waals surface area contributed by atoms with Crippen LogP contribution >= 0.6 is 11.6 Å². The normalized spacial score (nSPS) is 20.8. The first kappa shape index (κ1) is 16.6. The molecular weight excluding hydrogens is 347 g/mol. The van der Waals surface area contributed by atoms with Crippen molar-refractivity contribution >= 4 is 28.3 Å². The maximum atomic E-state index is 14.9. The average Bonchev–Trinajstić information content (AvgIpc) is 2.57. The highest BCUT2D eigenvalue weighted by molar-refractivity contribution is 6.36. The Morgan fingerprint density at radius 2 is 2.08 bits per heavy atom. The van der Waals surface area contributed by atoms with Gasteiger partial charge in [-0.05, 0) is 14.0 Å². The topological polar surface area (TPSA) is 50.6 Å². The SMILES string of the molecule is Cc1c(F)c2c3c(nc(=O)n(C)c3c1Cl)N1CCN(C)CC1CCO2. The van der Waals surface area contributed by atoms with Crippen molar-refractivity contribution in [2.24, 2.45) is 7.05 Å². The molecule has 1 aromatic carbocycles. The second kappa shape index (κ2) is 5.85. The summed E-state index contributed by atoms with van der Waals surface area (Å²) in [5.41, 5.74) is 0.358. The summed E-state index contributed by atoms with van der Waals surface area (Å²) < 4.78 is 22.1. The average molecular weight is 367 g/mol. The number of hydrogen-bond donors (Lipinski definition) is 0. The molecule has 6 nitrogen and oxygen atoms in total. The molecule has 0 spiro atoms. The number of piperazine rings is 1. The highest BCUT2D eigenvalue weighted by atomic mass is 35.5. The van der Waals surface area contributed by atoms with Crippen LogP contribution in [0.25, 0.3) is 10.9 Å². The zero-order chi connectivity index (χ0) is 17.9. The van der Waals surface area contributed by atoms with E-state index in [2.05, 4.69) is 21.8 Å². The van der Waals surface area contributed by atoms with E-state index in [0.29, 0.717) is 23.3 Å². The number of likely N-dealkylation sites (N-methyl/N-ethyl adjacent to an activating group) is 1. The highest BCUT2D eigenvalue weighted by Gasteiger charge is 2.33.